The van der Waals surface area contributed by atoms with E-state index in [-0.39, 0.29) is 11.6 Å². The fraction of sp³-hybridized carbons (Fsp3) is 0.556. The molecule has 1 unspecified atom stereocenters. The lowest BCUT2D eigenvalue weighted by molar-refractivity contribution is -0.140. The Balaban J connectivity index is 2.89. The van der Waals surface area contributed by atoms with E-state index in [0.29, 0.717) is 12.2 Å². The van der Waals surface area contributed by atoms with E-state index >= 15 is 0 Å². The number of methoxy groups -OCH3 is 1. The summed E-state index contributed by atoms with van der Waals surface area (Å²) < 4.78 is 30.4. The summed E-state index contributed by atoms with van der Waals surface area (Å²) in [4.78, 5) is 17.3. The molecule has 1 heterocycles. The van der Waals surface area contributed by atoms with Crippen LogP contribution in [0.2, 0.25) is 0 Å². The number of imidazole rings is 1. The Labute approximate surface area is 104 Å². The predicted octanol–water partition coefficient (Wildman–Crippen LogP) is -0.650. The van der Waals surface area contributed by atoms with E-state index in [0.717, 1.165) is 6.20 Å². The van der Waals surface area contributed by atoms with Crippen molar-refractivity contribution in [2.24, 2.45) is 0 Å². The van der Waals surface area contributed by atoms with Crippen LogP contribution in [0.1, 0.15) is 12.7 Å². The zero-order valence-electron chi connectivity index (χ0n) is 10.0. The molecule has 18 heavy (non-hydrogen) atoms. The van der Waals surface area contributed by atoms with Crippen LogP contribution in [0.3, 0.4) is 0 Å². The van der Waals surface area contributed by atoms with E-state index in [1.165, 1.54) is 7.11 Å². The Morgan fingerprint density at radius 3 is 2.78 bits per heavy atom. The van der Waals surface area contributed by atoms with Gasteiger partial charge in [0.15, 0.2) is 5.03 Å². The molecule has 0 aliphatic heterocycles. The van der Waals surface area contributed by atoms with Crippen LogP contribution in [-0.2, 0) is 26.0 Å². The maximum atomic E-state index is 11.8. The van der Waals surface area contributed by atoms with E-state index in [1.807, 2.05) is 11.6 Å². The molecule has 3 N–H and O–H groups in total. The number of H-pyrrole nitrogens is 1. The Bertz CT molecular complexity index is 510. The molecule has 0 aliphatic rings. The monoisotopic (exact) mass is 277 g/mol. The average Bonchev–Trinajstić information content (AvgIpc) is 2.77. The molecule has 0 radical (unpaired) electrons. The number of nitrogens with one attached hydrogen (secondary N) is 2. The third-order valence-corrected chi connectivity index (χ3v) is 3.54. The number of carboxylic acid groups (broad SMARTS) is 1. The standard InChI is InChI=1S/C9H15N3O5S/c1-3-7-10-4-8(11-7)18(15,16)12-6(5-17-2)9(13)14/h4,6,12H,3,5H2,1-2H3,(H,10,11)(H,13,14). The number of sulfonamides is 1. The van der Waals surface area contributed by atoms with Gasteiger partial charge in [0.2, 0.25) is 0 Å². The van der Waals surface area contributed by atoms with Crippen LogP contribution >= 0.6 is 0 Å². The molecule has 1 rings (SSSR count). The van der Waals surface area contributed by atoms with Gasteiger partial charge in [0.05, 0.1) is 12.8 Å². The minimum atomic E-state index is -3.94. The molecule has 0 saturated heterocycles. The number of aliphatic carboxylic acids is 1. The summed E-state index contributed by atoms with van der Waals surface area (Å²) in [5.74, 6) is -0.801. The van der Waals surface area contributed by atoms with E-state index in [4.69, 9.17) is 5.11 Å². The quantitative estimate of drug-likeness (QED) is 0.609. The Hall–Kier alpha value is -1.45. The number of hydrogen-bond donors (Lipinski definition) is 3. The summed E-state index contributed by atoms with van der Waals surface area (Å²) >= 11 is 0. The molecule has 0 amide bonds. The van der Waals surface area contributed by atoms with E-state index < -0.39 is 22.0 Å². The fourth-order valence-corrected chi connectivity index (χ4v) is 2.35. The number of aromatic nitrogens is 2. The summed E-state index contributed by atoms with van der Waals surface area (Å²) in [6.45, 7) is 1.55. The first kappa shape index (κ1) is 14.6. The zero-order chi connectivity index (χ0) is 13.8. The number of aromatic amines is 1. The number of aryl methyl sites for hydroxylation is 1. The second-order valence-electron chi connectivity index (χ2n) is 3.52. The van der Waals surface area contributed by atoms with Gasteiger partial charge in [0, 0.05) is 13.5 Å². The third kappa shape index (κ3) is 3.52. The summed E-state index contributed by atoms with van der Waals surface area (Å²) in [6.07, 6.45) is 1.70. The number of nitrogens with zero attached hydrogens (tertiary/aromatic N) is 1. The van der Waals surface area contributed by atoms with Gasteiger partial charge in [-0.05, 0) is 0 Å². The van der Waals surface area contributed by atoms with Crippen LogP contribution < -0.4 is 4.72 Å². The minimum absolute atomic E-state index is 0.165. The summed E-state index contributed by atoms with van der Waals surface area (Å²) in [7, 11) is -2.66. The molecule has 0 fully saturated rings. The van der Waals surface area contributed by atoms with E-state index in [1.54, 1.807) is 0 Å². The molecule has 1 aromatic heterocycles. The molecule has 9 heteroatoms. The Morgan fingerprint density at radius 1 is 1.67 bits per heavy atom. The minimum Gasteiger partial charge on any atom is -0.480 e. The van der Waals surface area contributed by atoms with Gasteiger partial charge in [0.1, 0.15) is 11.9 Å². The first-order valence-electron chi connectivity index (χ1n) is 5.18. The smallest absolute Gasteiger partial charge is 0.324 e. The molecule has 0 spiro atoms. The van der Waals surface area contributed by atoms with Crippen molar-refractivity contribution in [2.75, 3.05) is 13.7 Å². The number of hydrogen-bond acceptors (Lipinski definition) is 5. The lowest BCUT2D eigenvalue weighted by atomic mass is 10.3. The van der Waals surface area contributed by atoms with Gasteiger partial charge in [-0.25, -0.2) is 13.4 Å². The van der Waals surface area contributed by atoms with Gasteiger partial charge in [-0.15, -0.1) is 0 Å². The van der Waals surface area contributed by atoms with Crippen molar-refractivity contribution in [3.63, 3.8) is 0 Å². The molecule has 102 valence electrons. The highest BCUT2D eigenvalue weighted by Gasteiger charge is 2.26. The van der Waals surface area contributed by atoms with Crippen LogP contribution in [0.15, 0.2) is 11.2 Å². The van der Waals surface area contributed by atoms with Crippen molar-refractivity contribution in [3.05, 3.63) is 12.0 Å². The van der Waals surface area contributed by atoms with Crippen LogP contribution in [-0.4, -0.2) is 49.2 Å². The van der Waals surface area contributed by atoms with Gasteiger partial charge in [-0.2, -0.15) is 4.72 Å². The van der Waals surface area contributed by atoms with Crippen LogP contribution in [0.4, 0.5) is 0 Å². The van der Waals surface area contributed by atoms with Gasteiger partial charge in [-0.1, -0.05) is 6.92 Å². The van der Waals surface area contributed by atoms with Crippen molar-refractivity contribution >= 4 is 16.0 Å². The van der Waals surface area contributed by atoms with Gasteiger partial charge >= 0.3 is 5.97 Å². The fourth-order valence-electron chi connectivity index (χ4n) is 1.23. The van der Waals surface area contributed by atoms with Crippen molar-refractivity contribution in [1.29, 1.82) is 0 Å². The Morgan fingerprint density at radius 2 is 2.33 bits per heavy atom. The Kier molecular flexibility index (Phi) is 4.82. The van der Waals surface area contributed by atoms with Gasteiger partial charge in [0.25, 0.3) is 10.0 Å². The molecule has 0 saturated carbocycles. The second-order valence-corrected chi connectivity index (χ2v) is 5.20. The first-order valence-corrected chi connectivity index (χ1v) is 6.67. The molecule has 1 atom stereocenters. The predicted molar refractivity (Wildman–Crippen MR) is 61.6 cm³/mol. The normalized spacial score (nSPS) is 13.4. The lowest BCUT2D eigenvalue weighted by Gasteiger charge is -2.12. The number of ether oxygens (including phenoxy) is 1. The third-order valence-electron chi connectivity index (χ3n) is 2.16. The topological polar surface area (TPSA) is 121 Å². The van der Waals surface area contributed by atoms with Crippen molar-refractivity contribution in [3.8, 4) is 0 Å². The van der Waals surface area contributed by atoms with Gasteiger partial charge in [-0.3, -0.25) is 4.79 Å². The van der Waals surface area contributed by atoms with E-state index in [9.17, 15) is 13.2 Å². The van der Waals surface area contributed by atoms with E-state index in [2.05, 4.69) is 14.7 Å². The van der Waals surface area contributed by atoms with Crippen LogP contribution in [0, 0.1) is 0 Å². The molecular formula is C9H15N3O5S. The number of carbonyl (C=O) groups is 1. The molecule has 0 aromatic carbocycles. The molecule has 0 aliphatic carbocycles. The second kappa shape index (κ2) is 5.94. The summed E-state index contributed by atoms with van der Waals surface area (Å²) in [6, 6.07) is -1.34. The van der Waals surface area contributed by atoms with Crippen molar-refractivity contribution in [2.45, 2.75) is 24.4 Å². The number of rotatable bonds is 7. The highest BCUT2D eigenvalue weighted by molar-refractivity contribution is 7.89. The zero-order valence-corrected chi connectivity index (χ0v) is 10.8. The van der Waals surface area contributed by atoms with Crippen molar-refractivity contribution in [1.82, 2.24) is 14.7 Å². The first-order chi connectivity index (χ1) is 8.40. The number of carboxylic acids is 1. The van der Waals surface area contributed by atoms with Crippen LogP contribution in [0.5, 0.6) is 0 Å². The van der Waals surface area contributed by atoms with Crippen molar-refractivity contribution < 1.29 is 23.1 Å². The maximum Gasteiger partial charge on any atom is 0.324 e. The van der Waals surface area contributed by atoms with Crippen LogP contribution in [0.25, 0.3) is 0 Å². The van der Waals surface area contributed by atoms with Gasteiger partial charge < -0.3 is 14.8 Å². The largest absolute Gasteiger partial charge is 0.480 e. The lowest BCUT2D eigenvalue weighted by Crippen LogP contribution is -2.43. The average molecular weight is 277 g/mol. The summed E-state index contributed by atoms with van der Waals surface area (Å²) in [5, 5.41) is 8.67. The summed E-state index contributed by atoms with van der Waals surface area (Å²) in [5.41, 5.74) is 0. The maximum absolute atomic E-state index is 11.8. The molecule has 0 bridgehead atoms. The molecular weight excluding hydrogens is 262 g/mol. The molecule has 8 nitrogen and oxygen atoms in total. The molecule has 1 aromatic rings. The highest BCUT2D eigenvalue weighted by Crippen LogP contribution is 2.07. The highest BCUT2D eigenvalue weighted by atomic mass is 32.2. The SMILES string of the molecule is CCc1ncc(S(=O)(=O)NC(COC)C(=O)O)[nH]1.